The van der Waals surface area contributed by atoms with E-state index in [4.69, 9.17) is 0 Å². The molecule has 0 saturated carbocycles. The van der Waals surface area contributed by atoms with Crippen LogP contribution in [0, 0.1) is 0 Å². The van der Waals surface area contributed by atoms with Crippen molar-refractivity contribution in [3.05, 3.63) is 109 Å². The number of hydrogen-bond donors (Lipinski definition) is 0. The Bertz CT molecular complexity index is 1550. The smallest absolute Gasteiger partial charge is 0.0705 e. The lowest BCUT2D eigenvalue weighted by Crippen LogP contribution is -2.11. The summed E-state index contributed by atoms with van der Waals surface area (Å²) in [5.74, 6) is 0. The summed E-state index contributed by atoms with van der Waals surface area (Å²) in [6.45, 7) is 13.5. The third-order valence-corrected chi connectivity index (χ3v) is 6.95. The molecule has 0 radical (unpaired) electrons. The summed E-state index contributed by atoms with van der Waals surface area (Å²) in [4.78, 5) is 9.19. The van der Waals surface area contributed by atoms with Gasteiger partial charge in [-0.3, -0.25) is 9.97 Å². The van der Waals surface area contributed by atoms with Gasteiger partial charge in [-0.2, -0.15) is 0 Å². The van der Waals surface area contributed by atoms with Gasteiger partial charge in [0.1, 0.15) is 0 Å². The minimum atomic E-state index is 0.0807. The van der Waals surface area contributed by atoms with Crippen molar-refractivity contribution in [3.63, 3.8) is 0 Å². The lowest BCUT2D eigenvalue weighted by molar-refractivity contribution is 0.589. The monoisotopic (exact) mass is 470 g/mol. The molecule has 180 valence electrons. The van der Waals surface area contributed by atoms with E-state index < -0.39 is 0 Å². The first-order valence-corrected chi connectivity index (χ1v) is 12.7. The van der Waals surface area contributed by atoms with E-state index >= 15 is 0 Å². The Hall–Kier alpha value is -3.78. The van der Waals surface area contributed by atoms with Crippen LogP contribution < -0.4 is 0 Å². The Labute approximate surface area is 215 Å². The van der Waals surface area contributed by atoms with E-state index in [2.05, 4.69) is 130 Å². The predicted octanol–water partition coefficient (Wildman–Crippen LogP) is 9.23. The highest BCUT2D eigenvalue weighted by Gasteiger charge is 2.17. The fourth-order valence-corrected chi connectivity index (χ4v) is 4.75. The molecule has 0 N–H and O–H groups in total. The van der Waals surface area contributed by atoms with Crippen LogP contribution in [0.1, 0.15) is 52.7 Å². The van der Waals surface area contributed by atoms with Gasteiger partial charge in [0.25, 0.3) is 0 Å². The Morgan fingerprint density at radius 2 is 1.14 bits per heavy atom. The molecule has 0 aliphatic rings. The fourth-order valence-electron chi connectivity index (χ4n) is 4.75. The first-order chi connectivity index (χ1) is 17.1. The molecule has 0 saturated heterocycles. The van der Waals surface area contributed by atoms with Crippen LogP contribution in [-0.2, 0) is 10.8 Å². The normalized spacial score (nSPS) is 12.2. The van der Waals surface area contributed by atoms with Gasteiger partial charge in [-0.05, 0) is 73.9 Å². The maximum atomic E-state index is 4.69. The minimum absolute atomic E-state index is 0.0807. The summed E-state index contributed by atoms with van der Waals surface area (Å²) in [5.41, 5.74) is 9.76. The Kier molecular flexibility index (Phi) is 6.00. The van der Waals surface area contributed by atoms with E-state index in [1.807, 2.05) is 18.6 Å². The summed E-state index contributed by atoms with van der Waals surface area (Å²) in [7, 11) is 0. The second-order valence-corrected chi connectivity index (χ2v) is 11.7. The highest BCUT2D eigenvalue weighted by molar-refractivity contribution is 6.04. The average Bonchev–Trinajstić information content (AvgIpc) is 2.87. The molecule has 3 aromatic carbocycles. The van der Waals surface area contributed by atoms with E-state index in [1.54, 1.807) is 0 Å². The van der Waals surface area contributed by atoms with Crippen LogP contribution >= 0.6 is 0 Å². The number of nitrogens with zero attached hydrogens (tertiary/aromatic N) is 2. The third kappa shape index (κ3) is 4.68. The van der Waals surface area contributed by atoms with Gasteiger partial charge in [-0.25, -0.2) is 0 Å². The Morgan fingerprint density at radius 3 is 1.86 bits per heavy atom. The minimum Gasteiger partial charge on any atom is -0.264 e. The van der Waals surface area contributed by atoms with Crippen molar-refractivity contribution in [1.29, 1.82) is 0 Å². The van der Waals surface area contributed by atoms with E-state index in [-0.39, 0.29) is 10.8 Å². The van der Waals surface area contributed by atoms with Crippen LogP contribution in [0.4, 0.5) is 0 Å². The number of benzene rings is 3. The number of aromatic nitrogens is 2. The van der Waals surface area contributed by atoms with Gasteiger partial charge in [-0.1, -0.05) is 96.1 Å². The standard InChI is InChI=1S/C34H34N2/c1-33(2,3)26-12-8-10-24(20-26)28-13-14-29(31-22-35-17-16-30(28)31)23-9-7-11-25(19-23)32-21-27(15-18-36-32)34(4,5)6/h7-22H,1-6H3. The molecule has 5 aromatic rings. The largest absolute Gasteiger partial charge is 0.264 e. The number of fused-ring (bicyclic) bond motifs is 1. The van der Waals surface area contributed by atoms with Crippen LogP contribution in [0.15, 0.2) is 97.5 Å². The van der Waals surface area contributed by atoms with Crippen molar-refractivity contribution < 1.29 is 0 Å². The van der Waals surface area contributed by atoms with Gasteiger partial charge < -0.3 is 0 Å². The molecule has 2 heteroatoms. The van der Waals surface area contributed by atoms with Gasteiger partial charge in [0, 0.05) is 29.5 Å². The Balaban J connectivity index is 1.62. The summed E-state index contributed by atoms with van der Waals surface area (Å²) < 4.78 is 0. The number of pyridine rings is 2. The third-order valence-electron chi connectivity index (χ3n) is 6.95. The van der Waals surface area contributed by atoms with Crippen molar-refractivity contribution >= 4 is 10.8 Å². The van der Waals surface area contributed by atoms with Crippen LogP contribution in [-0.4, -0.2) is 9.97 Å². The molecule has 0 fully saturated rings. The van der Waals surface area contributed by atoms with Crippen molar-refractivity contribution in [2.45, 2.75) is 52.4 Å². The summed E-state index contributed by atoms with van der Waals surface area (Å²) >= 11 is 0. The second kappa shape index (κ2) is 9.02. The summed E-state index contributed by atoms with van der Waals surface area (Å²) in [6.07, 6.45) is 5.80. The molecular weight excluding hydrogens is 436 g/mol. The van der Waals surface area contributed by atoms with E-state index in [0.29, 0.717) is 0 Å². The zero-order chi connectivity index (χ0) is 25.5. The van der Waals surface area contributed by atoms with Gasteiger partial charge in [-0.15, -0.1) is 0 Å². The summed E-state index contributed by atoms with van der Waals surface area (Å²) in [6, 6.07) is 28.6. The van der Waals surface area contributed by atoms with Crippen molar-refractivity contribution in [2.24, 2.45) is 0 Å². The number of hydrogen-bond acceptors (Lipinski definition) is 2. The van der Waals surface area contributed by atoms with Gasteiger partial charge >= 0.3 is 0 Å². The van der Waals surface area contributed by atoms with Crippen LogP contribution in [0.3, 0.4) is 0 Å². The van der Waals surface area contributed by atoms with Crippen molar-refractivity contribution in [3.8, 4) is 33.5 Å². The van der Waals surface area contributed by atoms with E-state index in [1.165, 1.54) is 38.8 Å². The quantitative estimate of drug-likeness (QED) is 0.263. The molecule has 0 amide bonds. The van der Waals surface area contributed by atoms with Crippen LogP contribution in [0.25, 0.3) is 44.3 Å². The molecule has 0 aliphatic carbocycles. The molecule has 0 spiro atoms. The van der Waals surface area contributed by atoms with Gasteiger partial charge in [0.15, 0.2) is 0 Å². The second-order valence-electron chi connectivity index (χ2n) is 11.7. The molecule has 0 aliphatic heterocycles. The zero-order valence-corrected chi connectivity index (χ0v) is 22.1. The van der Waals surface area contributed by atoms with Crippen LogP contribution in [0.5, 0.6) is 0 Å². The molecule has 0 bridgehead atoms. The molecular formula is C34H34N2. The predicted molar refractivity (Wildman–Crippen MR) is 153 cm³/mol. The van der Waals surface area contributed by atoms with Crippen molar-refractivity contribution in [2.75, 3.05) is 0 Å². The average molecular weight is 471 g/mol. The first kappa shape index (κ1) is 23.9. The van der Waals surface area contributed by atoms with E-state index in [0.717, 1.165) is 16.6 Å². The highest BCUT2D eigenvalue weighted by Crippen LogP contribution is 2.37. The van der Waals surface area contributed by atoms with Gasteiger partial charge in [0.2, 0.25) is 0 Å². The van der Waals surface area contributed by atoms with Crippen LogP contribution in [0.2, 0.25) is 0 Å². The lowest BCUT2D eigenvalue weighted by Gasteiger charge is -2.20. The maximum Gasteiger partial charge on any atom is 0.0705 e. The molecule has 0 atom stereocenters. The molecule has 0 unspecified atom stereocenters. The first-order valence-electron chi connectivity index (χ1n) is 12.7. The molecule has 2 heterocycles. The summed E-state index contributed by atoms with van der Waals surface area (Å²) in [5, 5.41) is 2.37. The zero-order valence-electron chi connectivity index (χ0n) is 22.1. The molecule has 36 heavy (non-hydrogen) atoms. The number of rotatable bonds is 3. The fraction of sp³-hybridized carbons (Fsp3) is 0.235. The SMILES string of the molecule is CC(C)(C)c1cccc(-c2ccc(-c3cccc(-c4cc(C(C)(C)C)ccn4)c3)c3cnccc23)c1. The van der Waals surface area contributed by atoms with Crippen molar-refractivity contribution in [1.82, 2.24) is 9.97 Å². The Morgan fingerprint density at radius 1 is 0.528 bits per heavy atom. The maximum absolute atomic E-state index is 4.69. The van der Waals surface area contributed by atoms with E-state index in [9.17, 15) is 0 Å². The van der Waals surface area contributed by atoms with Gasteiger partial charge in [0.05, 0.1) is 5.69 Å². The molecule has 2 aromatic heterocycles. The lowest BCUT2D eigenvalue weighted by atomic mass is 9.84. The highest BCUT2D eigenvalue weighted by atomic mass is 14.7. The molecule has 2 nitrogen and oxygen atoms in total. The topological polar surface area (TPSA) is 25.8 Å². The molecule has 5 rings (SSSR count).